The quantitative estimate of drug-likeness (QED) is 0.367. The number of phenolic OH excluding ortho intramolecular Hbond substituents is 1. The maximum atomic E-state index is 9.81. The Kier molecular flexibility index (Phi) is 11.4. The normalized spacial score (nSPS) is 11.7. The van der Waals surface area contributed by atoms with Gasteiger partial charge >= 0.3 is 0 Å². The van der Waals surface area contributed by atoms with Gasteiger partial charge in [-0.15, -0.1) is 0 Å². The Morgan fingerprint density at radius 2 is 1.37 bits per heavy atom. The van der Waals surface area contributed by atoms with Gasteiger partial charge in [0.1, 0.15) is 11.5 Å². The molecule has 0 unspecified atom stereocenters. The van der Waals surface area contributed by atoms with Crippen LogP contribution in [0.4, 0.5) is 0 Å². The molecule has 0 saturated carbocycles. The van der Waals surface area contributed by atoms with E-state index in [9.17, 15) is 5.11 Å². The highest BCUT2D eigenvalue weighted by atomic mass is 16.7. The lowest BCUT2D eigenvalue weighted by Gasteiger charge is -2.22. The van der Waals surface area contributed by atoms with E-state index in [1.54, 1.807) is 12.1 Å². The fourth-order valence-corrected chi connectivity index (χ4v) is 2.82. The molecule has 0 aromatic heterocycles. The van der Waals surface area contributed by atoms with Gasteiger partial charge in [0.25, 0.3) is 0 Å². The Bertz CT molecular complexity index is 492. The van der Waals surface area contributed by atoms with E-state index in [-0.39, 0.29) is 18.5 Å². The standard InChI is InChI=1S/C22H38O5/c1-7-18-13-20(23)14-19(8-2)22(18)25-12-10-9-11-24-15-21(26-16(3)4)27-17(5)6/h13-14,16-17,21,23H,7-12,15H2,1-6H3. The summed E-state index contributed by atoms with van der Waals surface area (Å²) in [6.07, 6.45) is 3.40. The third kappa shape index (κ3) is 9.45. The van der Waals surface area contributed by atoms with Crippen LogP contribution < -0.4 is 4.74 Å². The molecule has 1 rings (SSSR count). The van der Waals surface area contributed by atoms with Crippen LogP contribution in [0.15, 0.2) is 12.1 Å². The monoisotopic (exact) mass is 382 g/mol. The van der Waals surface area contributed by atoms with Gasteiger partial charge < -0.3 is 24.1 Å². The largest absolute Gasteiger partial charge is 0.508 e. The molecule has 0 bridgehead atoms. The molecular formula is C22H38O5. The van der Waals surface area contributed by atoms with Crippen molar-refractivity contribution in [1.29, 1.82) is 0 Å². The number of hydrogen-bond acceptors (Lipinski definition) is 5. The van der Waals surface area contributed by atoms with Crippen molar-refractivity contribution >= 4 is 0 Å². The number of phenols is 1. The lowest BCUT2D eigenvalue weighted by Crippen LogP contribution is -2.29. The van der Waals surface area contributed by atoms with Gasteiger partial charge in [0, 0.05) is 6.61 Å². The van der Waals surface area contributed by atoms with Crippen molar-refractivity contribution in [3.05, 3.63) is 23.3 Å². The molecule has 0 atom stereocenters. The summed E-state index contributed by atoms with van der Waals surface area (Å²) in [5.41, 5.74) is 2.12. The summed E-state index contributed by atoms with van der Waals surface area (Å²) in [5, 5.41) is 9.81. The predicted octanol–water partition coefficient (Wildman–Crippen LogP) is 4.87. The fourth-order valence-electron chi connectivity index (χ4n) is 2.82. The lowest BCUT2D eigenvalue weighted by atomic mass is 10.0. The molecule has 0 aliphatic carbocycles. The van der Waals surface area contributed by atoms with Crippen LogP contribution in [0.5, 0.6) is 11.5 Å². The minimum Gasteiger partial charge on any atom is -0.508 e. The van der Waals surface area contributed by atoms with E-state index < -0.39 is 0 Å². The van der Waals surface area contributed by atoms with Crippen molar-refractivity contribution in [2.45, 2.75) is 85.7 Å². The molecule has 5 heteroatoms. The van der Waals surface area contributed by atoms with Crippen LogP contribution >= 0.6 is 0 Å². The van der Waals surface area contributed by atoms with Crippen LogP contribution in [-0.4, -0.2) is 43.4 Å². The van der Waals surface area contributed by atoms with Crippen molar-refractivity contribution in [2.24, 2.45) is 0 Å². The topological polar surface area (TPSA) is 57.2 Å². The smallest absolute Gasteiger partial charge is 0.181 e. The van der Waals surface area contributed by atoms with E-state index in [1.165, 1.54) is 0 Å². The van der Waals surface area contributed by atoms with Gasteiger partial charge in [0.05, 0.1) is 25.4 Å². The first-order valence-corrected chi connectivity index (χ1v) is 10.2. The predicted molar refractivity (Wildman–Crippen MR) is 109 cm³/mol. The number of benzene rings is 1. The highest BCUT2D eigenvalue weighted by Gasteiger charge is 2.14. The van der Waals surface area contributed by atoms with Gasteiger partial charge in [-0.1, -0.05) is 13.8 Å². The number of rotatable bonds is 14. The molecule has 1 aromatic carbocycles. The van der Waals surface area contributed by atoms with E-state index >= 15 is 0 Å². The Balaban J connectivity index is 2.33. The second kappa shape index (κ2) is 13.0. The number of aromatic hydroxyl groups is 1. The molecule has 0 aliphatic heterocycles. The molecule has 27 heavy (non-hydrogen) atoms. The Morgan fingerprint density at radius 1 is 0.852 bits per heavy atom. The van der Waals surface area contributed by atoms with Gasteiger partial charge in [-0.2, -0.15) is 0 Å². The van der Waals surface area contributed by atoms with Crippen molar-refractivity contribution < 1.29 is 24.1 Å². The highest BCUT2D eigenvalue weighted by molar-refractivity contribution is 5.47. The van der Waals surface area contributed by atoms with Gasteiger partial charge in [-0.05, 0) is 76.6 Å². The molecule has 1 N–H and O–H groups in total. The van der Waals surface area contributed by atoms with Crippen LogP contribution in [0.3, 0.4) is 0 Å². The average molecular weight is 383 g/mol. The van der Waals surface area contributed by atoms with Crippen molar-refractivity contribution in [2.75, 3.05) is 19.8 Å². The SMILES string of the molecule is CCc1cc(O)cc(CC)c1OCCCCOCC(OC(C)C)OC(C)C. The maximum Gasteiger partial charge on any atom is 0.181 e. The Labute approximate surface area is 165 Å². The van der Waals surface area contributed by atoms with Crippen LogP contribution in [-0.2, 0) is 27.1 Å². The molecule has 1 aromatic rings. The first-order chi connectivity index (χ1) is 12.9. The molecule has 0 amide bonds. The summed E-state index contributed by atoms with van der Waals surface area (Å²) in [6.45, 7) is 13.8. The zero-order chi connectivity index (χ0) is 20.2. The minimum absolute atomic E-state index is 0.108. The molecule has 0 saturated heterocycles. The second-order valence-corrected chi connectivity index (χ2v) is 7.23. The summed E-state index contributed by atoms with van der Waals surface area (Å²) in [7, 11) is 0. The van der Waals surface area contributed by atoms with E-state index in [4.69, 9.17) is 18.9 Å². The van der Waals surface area contributed by atoms with Crippen LogP contribution in [0.25, 0.3) is 0 Å². The van der Waals surface area contributed by atoms with E-state index in [1.807, 2.05) is 27.7 Å². The fraction of sp³-hybridized carbons (Fsp3) is 0.727. The third-order valence-electron chi connectivity index (χ3n) is 4.02. The maximum absolute atomic E-state index is 9.81. The summed E-state index contributed by atoms with van der Waals surface area (Å²) >= 11 is 0. The van der Waals surface area contributed by atoms with Gasteiger partial charge in [0.15, 0.2) is 6.29 Å². The third-order valence-corrected chi connectivity index (χ3v) is 4.02. The summed E-state index contributed by atoms with van der Waals surface area (Å²) < 4.78 is 23.2. The first-order valence-electron chi connectivity index (χ1n) is 10.2. The van der Waals surface area contributed by atoms with Crippen LogP contribution in [0.1, 0.15) is 65.5 Å². The molecule has 156 valence electrons. The van der Waals surface area contributed by atoms with Crippen molar-refractivity contribution in [1.82, 2.24) is 0 Å². The van der Waals surface area contributed by atoms with Gasteiger partial charge in [-0.3, -0.25) is 0 Å². The minimum atomic E-state index is -0.322. The van der Waals surface area contributed by atoms with Gasteiger partial charge in [-0.25, -0.2) is 0 Å². The van der Waals surface area contributed by atoms with E-state index in [0.29, 0.717) is 25.6 Å². The zero-order valence-electron chi connectivity index (χ0n) is 17.9. The van der Waals surface area contributed by atoms with Crippen molar-refractivity contribution in [3.8, 4) is 11.5 Å². The van der Waals surface area contributed by atoms with Crippen LogP contribution in [0, 0.1) is 0 Å². The number of hydrogen-bond donors (Lipinski definition) is 1. The molecule has 0 aliphatic rings. The summed E-state index contributed by atoms with van der Waals surface area (Å²) in [6, 6.07) is 3.59. The molecule has 0 radical (unpaired) electrons. The summed E-state index contributed by atoms with van der Waals surface area (Å²) in [5.74, 6) is 1.24. The summed E-state index contributed by atoms with van der Waals surface area (Å²) in [4.78, 5) is 0. The molecular weight excluding hydrogens is 344 g/mol. The molecule has 0 spiro atoms. The molecule has 0 fully saturated rings. The first kappa shape index (κ1) is 23.7. The Hall–Kier alpha value is -1.30. The molecule has 0 heterocycles. The van der Waals surface area contributed by atoms with Crippen LogP contribution in [0.2, 0.25) is 0 Å². The zero-order valence-corrected chi connectivity index (χ0v) is 17.9. The molecule has 5 nitrogen and oxygen atoms in total. The van der Waals surface area contributed by atoms with E-state index in [2.05, 4.69) is 13.8 Å². The van der Waals surface area contributed by atoms with Gasteiger partial charge in [0.2, 0.25) is 0 Å². The number of aryl methyl sites for hydroxylation is 2. The lowest BCUT2D eigenvalue weighted by molar-refractivity contribution is -0.204. The Morgan fingerprint density at radius 3 is 1.85 bits per heavy atom. The second-order valence-electron chi connectivity index (χ2n) is 7.23. The van der Waals surface area contributed by atoms with Crippen molar-refractivity contribution in [3.63, 3.8) is 0 Å². The highest BCUT2D eigenvalue weighted by Crippen LogP contribution is 2.30. The number of ether oxygens (including phenoxy) is 4. The average Bonchev–Trinajstić information content (AvgIpc) is 2.59. The van der Waals surface area contributed by atoms with E-state index in [0.717, 1.165) is 42.6 Å². The number of unbranched alkanes of at least 4 members (excludes halogenated alkanes) is 1.